The summed E-state index contributed by atoms with van der Waals surface area (Å²) in [5, 5.41) is 2.74. The van der Waals surface area contributed by atoms with E-state index in [0.29, 0.717) is 24.4 Å². The third-order valence-corrected chi connectivity index (χ3v) is 3.25. The van der Waals surface area contributed by atoms with Crippen molar-refractivity contribution in [2.75, 3.05) is 16.8 Å². The highest BCUT2D eigenvalue weighted by Gasteiger charge is 2.16. The summed E-state index contributed by atoms with van der Waals surface area (Å²) in [4.78, 5) is 25.3. The highest BCUT2D eigenvalue weighted by molar-refractivity contribution is 5.91. The van der Waals surface area contributed by atoms with E-state index in [0.717, 1.165) is 5.69 Å². The molecule has 0 heterocycles. The van der Waals surface area contributed by atoms with E-state index in [2.05, 4.69) is 5.32 Å². The SMILES string of the molecule is CCC(=O)Nc1cccc(OC(=O)N(CC)c2ccccc2)c1. The van der Waals surface area contributed by atoms with Gasteiger partial charge in [-0.25, -0.2) is 4.79 Å². The highest BCUT2D eigenvalue weighted by Crippen LogP contribution is 2.20. The molecule has 0 aliphatic heterocycles. The number of ether oxygens (including phenoxy) is 1. The van der Waals surface area contributed by atoms with Crippen molar-refractivity contribution in [1.29, 1.82) is 0 Å². The van der Waals surface area contributed by atoms with E-state index in [1.54, 1.807) is 31.2 Å². The third-order valence-electron chi connectivity index (χ3n) is 3.25. The zero-order chi connectivity index (χ0) is 16.7. The number of anilines is 2. The number of carbonyl (C=O) groups is 2. The fourth-order valence-electron chi connectivity index (χ4n) is 2.07. The summed E-state index contributed by atoms with van der Waals surface area (Å²) < 4.78 is 5.41. The van der Waals surface area contributed by atoms with Crippen molar-refractivity contribution in [3.8, 4) is 5.75 Å². The number of benzene rings is 2. The third kappa shape index (κ3) is 4.57. The average Bonchev–Trinajstić information content (AvgIpc) is 2.56. The van der Waals surface area contributed by atoms with Gasteiger partial charge in [0.2, 0.25) is 5.91 Å². The number of nitrogens with one attached hydrogen (secondary N) is 1. The van der Waals surface area contributed by atoms with Gasteiger partial charge in [-0.15, -0.1) is 0 Å². The van der Waals surface area contributed by atoms with Gasteiger partial charge in [-0.3, -0.25) is 9.69 Å². The molecule has 0 aromatic heterocycles. The molecule has 0 unspecified atom stereocenters. The lowest BCUT2D eigenvalue weighted by atomic mass is 10.3. The molecule has 5 nitrogen and oxygen atoms in total. The largest absolute Gasteiger partial charge is 0.419 e. The normalized spacial score (nSPS) is 10.0. The van der Waals surface area contributed by atoms with Crippen molar-refractivity contribution in [3.63, 3.8) is 0 Å². The lowest BCUT2D eigenvalue weighted by Gasteiger charge is -2.20. The Kier molecular flexibility index (Phi) is 5.74. The summed E-state index contributed by atoms with van der Waals surface area (Å²) in [5.74, 6) is 0.297. The summed E-state index contributed by atoms with van der Waals surface area (Å²) in [6.45, 7) is 4.15. The smallest absolute Gasteiger partial charge is 0.410 e. The van der Waals surface area contributed by atoms with Gasteiger partial charge in [-0.05, 0) is 31.2 Å². The molecule has 0 fully saturated rings. The summed E-state index contributed by atoms with van der Waals surface area (Å²) in [5.41, 5.74) is 1.38. The molecule has 2 aromatic rings. The minimum atomic E-state index is -0.460. The molecule has 120 valence electrons. The molecule has 2 rings (SSSR count). The molecule has 0 radical (unpaired) electrons. The van der Waals surface area contributed by atoms with E-state index in [-0.39, 0.29) is 5.91 Å². The van der Waals surface area contributed by atoms with E-state index >= 15 is 0 Å². The Morgan fingerprint density at radius 1 is 1.04 bits per heavy atom. The van der Waals surface area contributed by atoms with Crippen molar-refractivity contribution in [2.24, 2.45) is 0 Å². The first-order chi connectivity index (χ1) is 11.1. The second-order valence-corrected chi connectivity index (χ2v) is 4.88. The summed E-state index contributed by atoms with van der Waals surface area (Å²) >= 11 is 0. The molecule has 2 aromatic carbocycles. The van der Waals surface area contributed by atoms with Crippen LogP contribution >= 0.6 is 0 Å². The summed E-state index contributed by atoms with van der Waals surface area (Å²) in [7, 11) is 0. The molecule has 0 saturated heterocycles. The highest BCUT2D eigenvalue weighted by atomic mass is 16.6. The maximum Gasteiger partial charge on any atom is 0.419 e. The Morgan fingerprint density at radius 2 is 1.78 bits per heavy atom. The van der Waals surface area contributed by atoms with Gasteiger partial charge in [0.25, 0.3) is 0 Å². The van der Waals surface area contributed by atoms with E-state index in [9.17, 15) is 9.59 Å². The van der Waals surface area contributed by atoms with Crippen LogP contribution in [0.5, 0.6) is 5.75 Å². The van der Waals surface area contributed by atoms with Crippen LogP contribution in [0.25, 0.3) is 0 Å². The Balaban J connectivity index is 2.10. The predicted molar refractivity (Wildman–Crippen MR) is 90.8 cm³/mol. The van der Waals surface area contributed by atoms with E-state index in [1.165, 1.54) is 4.90 Å². The van der Waals surface area contributed by atoms with Crippen LogP contribution in [0, 0.1) is 0 Å². The molecule has 0 spiro atoms. The Hall–Kier alpha value is -2.82. The first kappa shape index (κ1) is 16.5. The molecule has 0 atom stereocenters. The van der Waals surface area contributed by atoms with Crippen molar-refractivity contribution >= 4 is 23.4 Å². The number of hydrogen-bond donors (Lipinski definition) is 1. The fraction of sp³-hybridized carbons (Fsp3) is 0.222. The van der Waals surface area contributed by atoms with E-state index in [4.69, 9.17) is 4.74 Å². The van der Waals surface area contributed by atoms with Crippen LogP contribution in [0.1, 0.15) is 20.3 Å². The monoisotopic (exact) mass is 312 g/mol. The fourth-order valence-corrected chi connectivity index (χ4v) is 2.07. The Bertz CT molecular complexity index is 671. The van der Waals surface area contributed by atoms with Crippen LogP contribution in [0.4, 0.5) is 16.2 Å². The molecule has 0 aliphatic rings. The van der Waals surface area contributed by atoms with E-state index < -0.39 is 6.09 Å². The van der Waals surface area contributed by atoms with Gasteiger partial charge < -0.3 is 10.1 Å². The van der Waals surface area contributed by atoms with Gasteiger partial charge in [0.15, 0.2) is 0 Å². The first-order valence-corrected chi connectivity index (χ1v) is 7.58. The second-order valence-electron chi connectivity index (χ2n) is 4.88. The van der Waals surface area contributed by atoms with Crippen molar-refractivity contribution < 1.29 is 14.3 Å². The van der Waals surface area contributed by atoms with Gasteiger partial charge in [-0.1, -0.05) is 31.2 Å². The molecular weight excluding hydrogens is 292 g/mol. The number of amides is 2. The van der Waals surface area contributed by atoms with Gasteiger partial charge in [0, 0.05) is 30.4 Å². The minimum absolute atomic E-state index is 0.0899. The molecular formula is C18H20N2O3. The zero-order valence-electron chi connectivity index (χ0n) is 13.3. The Morgan fingerprint density at radius 3 is 2.43 bits per heavy atom. The van der Waals surface area contributed by atoms with Crippen LogP contribution in [0.15, 0.2) is 54.6 Å². The van der Waals surface area contributed by atoms with Crippen molar-refractivity contribution in [2.45, 2.75) is 20.3 Å². The van der Waals surface area contributed by atoms with Gasteiger partial charge >= 0.3 is 6.09 Å². The van der Waals surface area contributed by atoms with Gasteiger partial charge in [-0.2, -0.15) is 0 Å². The number of rotatable bonds is 5. The van der Waals surface area contributed by atoms with Crippen LogP contribution in [0.3, 0.4) is 0 Å². The topological polar surface area (TPSA) is 58.6 Å². The quantitative estimate of drug-likeness (QED) is 0.905. The zero-order valence-corrected chi connectivity index (χ0v) is 13.3. The molecule has 0 saturated carbocycles. The first-order valence-electron chi connectivity index (χ1n) is 7.58. The summed E-state index contributed by atoms with van der Waals surface area (Å²) in [6.07, 6.45) is -0.0700. The summed E-state index contributed by atoms with van der Waals surface area (Å²) in [6, 6.07) is 16.1. The maximum atomic E-state index is 12.4. The number of nitrogens with zero attached hydrogens (tertiary/aromatic N) is 1. The van der Waals surface area contributed by atoms with Crippen LogP contribution in [-0.2, 0) is 4.79 Å². The van der Waals surface area contributed by atoms with Crippen LogP contribution in [-0.4, -0.2) is 18.5 Å². The van der Waals surface area contributed by atoms with Crippen molar-refractivity contribution in [1.82, 2.24) is 0 Å². The Labute approximate surface area is 135 Å². The molecule has 1 N–H and O–H groups in total. The van der Waals surface area contributed by atoms with E-state index in [1.807, 2.05) is 37.3 Å². The number of hydrogen-bond acceptors (Lipinski definition) is 3. The van der Waals surface area contributed by atoms with Crippen LogP contribution in [0.2, 0.25) is 0 Å². The molecule has 0 bridgehead atoms. The van der Waals surface area contributed by atoms with Gasteiger partial charge in [0.1, 0.15) is 5.75 Å². The van der Waals surface area contributed by atoms with Gasteiger partial charge in [0.05, 0.1) is 0 Å². The maximum absolute atomic E-state index is 12.4. The lowest BCUT2D eigenvalue weighted by Crippen LogP contribution is -2.33. The molecule has 2 amide bonds. The predicted octanol–water partition coefficient (Wildman–Crippen LogP) is 4.06. The molecule has 23 heavy (non-hydrogen) atoms. The van der Waals surface area contributed by atoms with Crippen molar-refractivity contribution in [3.05, 3.63) is 54.6 Å². The number of carbonyl (C=O) groups excluding carboxylic acids is 2. The molecule has 5 heteroatoms. The second kappa shape index (κ2) is 7.98. The lowest BCUT2D eigenvalue weighted by molar-refractivity contribution is -0.115. The molecule has 0 aliphatic carbocycles. The minimum Gasteiger partial charge on any atom is -0.410 e. The average molecular weight is 312 g/mol. The standard InChI is InChI=1S/C18H20N2O3/c1-3-17(21)19-14-9-8-12-16(13-14)23-18(22)20(4-2)15-10-6-5-7-11-15/h5-13H,3-4H2,1-2H3,(H,19,21). The number of para-hydroxylation sites is 1. The van der Waals surface area contributed by atoms with Crippen LogP contribution < -0.4 is 15.0 Å².